The minimum absolute atomic E-state index is 0.0400. The number of carbonyl (C=O) groups excluding carboxylic acids is 2. The van der Waals surface area contributed by atoms with Gasteiger partial charge in [0.1, 0.15) is 6.04 Å². The van der Waals surface area contributed by atoms with Crippen LogP contribution in [0.2, 0.25) is 0 Å². The van der Waals surface area contributed by atoms with Crippen molar-refractivity contribution in [3.63, 3.8) is 0 Å². The zero-order chi connectivity index (χ0) is 14.4. The van der Waals surface area contributed by atoms with Crippen LogP contribution in [0.3, 0.4) is 0 Å². The van der Waals surface area contributed by atoms with E-state index in [1.807, 2.05) is 11.8 Å². The first kappa shape index (κ1) is 14.9. The topological polar surface area (TPSA) is 86.4 Å². The number of hydrogen-bond acceptors (Lipinski definition) is 6. The van der Waals surface area contributed by atoms with Crippen LogP contribution in [0.15, 0.2) is 11.6 Å². The molecule has 110 valence electrons. The summed E-state index contributed by atoms with van der Waals surface area (Å²) in [6.07, 6.45) is 1.64. The summed E-state index contributed by atoms with van der Waals surface area (Å²) in [5.74, 6) is -0.183. The third-order valence-electron chi connectivity index (χ3n) is 3.03. The number of thiazole rings is 1. The van der Waals surface area contributed by atoms with Crippen LogP contribution in [-0.4, -0.2) is 60.5 Å². The molecule has 0 spiro atoms. The molecule has 1 saturated heterocycles. The standard InChI is InChI=1S/C12H19N5O2S/c1-2-14-11(19)9-7-13-3-5-17(9)8-10(18)16-12-15-4-6-20-12/h4,6,9,13H,2-3,5,7-8H2,1H3,(H,14,19)(H,15,16,18). The van der Waals surface area contributed by atoms with Gasteiger partial charge in [0.15, 0.2) is 5.13 Å². The third-order valence-corrected chi connectivity index (χ3v) is 3.72. The molecule has 1 aromatic rings. The van der Waals surface area contributed by atoms with E-state index in [1.165, 1.54) is 11.3 Å². The van der Waals surface area contributed by atoms with Gasteiger partial charge in [-0.25, -0.2) is 4.98 Å². The number of carbonyl (C=O) groups is 2. The van der Waals surface area contributed by atoms with Gasteiger partial charge in [0.05, 0.1) is 6.54 Å². The second-order valence-electron chi connectivity index (χ2n) is 4.47. The van der Waals surface area contributed by atoms with Crippen LogP contribution in [0, 0.1) is 0 Å². The lowest BCUT2D eigenvalue weighted by atomic mass is 10.1. The van der Waals surface area contributed by atoms with Crippen LogP contribution in [0.25, 0.3) is 0 Å². The SMILES string of the molecule is CCNC(=O)C1CNCCN1CC(=O)Nc1nccs1. The van der Waals surface area contributed by atoms with Crippen LogP contribution in [0.5, 0.6) is 0 Å². The Hall–Kier alpha value is -1.51. The molecule has 2 amide bonds. The van der Waals surface area contributed by atoms with E-state index in [0.717, 1.165) is 6.54 Å². The molecule has 0 aromatic carbocycles. The molecule has 0 saturated carbocycles. The quantitative estimate of drug-likeness (QED) is 0.681. The van der Waals surface area contributed by atoms with Gasteiger partial charge >= 0.3 is 0 Å². The number of nitrogens with zero attached hydrogens (tertiary/aromatic N) is 2. The van der Waals surface area contributed by atoms with E-state index in [2.05, 4.69) is 20.9 Å². The van der Waals surface area contributed by atoms with Gasteiger partial charge in [-0.05, 0) is 6.92 Å². The van der Waals surface area contributed by atoms with Crippen molar-refractivity contribution in [2.45, 2.75) is 13.0 Å². The van der Waals surface area contributed by atoms with Crippen LogP contribution in [0.4, 0.5) is 5.13 Å². The predicted molar refractivity (Wildman–Crippen MR) is 77.7 cm³/mol. The fraction of sp³-hybridized carbons (Fsp3) is 0.583. The molecule has 1 aromatic heterocycles. The summed E-state index contributed by atoms with van der Waals surface area (Å²) in [6, 6.07) is -0.300. The van der Waals surface area contributed by atoms with Crippen molar-refractivity contribution in [2.24, 2.45) is 0 Å². The highest BCUT2D eigenvalue weighted by molar-refractivity contribution is 7.13. The Morgan fingerprint density at radius 3 is 3.15 bits per heavy atom. The molecule has 0 radical (unpaired) electrons. The number of anilines is 1. The summed E-state index contributed by atoms with van der Waals surface area (Å²) < 4.78 is 0. The molecule has 1 aliphatic heterocycles. The minimum atomic E-state index is -0.300. The Kier molecular flexibility index (Phi) is 5.45. The number of amides is 2. The second-order valence-corrected chi connectivity index (χ2v) is 5.36. The summed E-state index contributed by atoms with van der Waals surface area (Å²) in [7, 11) is 0. The lowest BCUT2D eigenvalue weighted by Gasteiger charge is -2.34. The first-order valence-electron chi connectivity index (χ1n) is 6.62. The number of hydrogen-bond donors (Lipinski definition) is 3. The van der Waals surface area contributed by atoms with E-state index in [4.69, 9.17) is 0 Å². The van der Waals surface area contributed by atoms with Crippen molar-refractivity contribution in [2.75, 3.05) is 38.0 Å². The van der Waals surface area contributed by atoms with Crippen LogP contribution in [-0.2, 0) is 9.59 Å². The summed E-state index contributed by atoms with van der Waals surface area (Å²) in [5, 5.41) is 11.1. The molecule has 1 aliphatic rings. The van der Waals surface area contributed by atoms with E-state index in [1.54, 1.807) is 11.6 Å². The van der Waals surface area contributed by atoms with Crippen LogP contribution >= 0.6 is 11.3 Å². The normalized spacial score (nSPS) is 19.6. The minimum Gasteiger partial charge on any atom is -0.355 e. The van der Waals surface area contributed by atoms with Crippen molar-refractivity contribution in [3.05, 3.63) is 11.6 Å². The maximum Gasteiger partial charge on any atom is 0.240 e. The van der Waals surface area contributed by atoms with Crippen molar-refractivity contribution in [3.8, 4) is 0 Å². The molecule has 1 fully saturated rings. The Balaban J connectivity index is 1.91. The monoisotopic (exact) mass is 297 g/mol. The largest absolute Gasteiger partial charge is 0.355 e. The molecular formula is C12H19N5O2S. The fourth-order valence-corrected chi connectivity index (χ4v) is 2.66. The van der Waals surface area contributed by atoms with Crippen molar-refractivity contribution >= 4 is 28.3 Å². The molecule has 7 nitrogen and oxygen atoms in total. The molecule has 1 unspecified atom stereocenters. The van der Waals surface area contributed by atoms with Gasteiger partial charge in [0, 0.05) is 37.8 Å². The van der Waals surface area contributed by atoms with E-state index >= 15 is 0 Å². The van der Waals surface area contributed by atoms with Crippen molar-refractivity contribution < 1.29 is 9.59 Å². The Labute approximate surface area is 121 Å². The maximum absolute atomic E-state index is 12.0. The lowest BCUT2D eigenvalue weighted by Crippen LogP contribution is -2.59. The number of likely N-dealkylation sites (N-methyl/N-ethyl adjacent to an activating group) is 1. The van der Waals surface area contributed by atoms with Gasteiger partial charge in [-0.15, -0.1) is 11.3 Å². The van der Waals surface area contributed by atoms with E-state index in [0.29, 0.717) is 24.8 Å². The molecule has 20 heavy (non-hydrogen) atoms. The average molecular weight is 297 g/mol. The first-order valence-corrected chi connectivity index (χ1v) is 7.50. The Morgan fingerprint density at radius 1 is 1.60 bits per heavy atom. The zero-order valence-electron chi connectivity index (χ0n) is 11.4. The highest BCUT2D eigenvalue weighted by Gasteiger charge is 2.29. The number of aromatic nitrogens is 1. The number of piperazine rings is 1. The average Bonchev–Trinajstić information content (AvgIpc) is 2.92. The fourth-order valence-electron chi connectivity index (χ4n) is 2.11. The van der Waals surface area contributed by atoms with E-state index in [-0.39, 0.29) is 24.4 Å². The van der Waals surface area contributed by atoms with Gasteiger partial charge in [-0.1, -0.05) is 0 Å². The van der Waals surface area contributed by atoms with Gasteiger partial charge in [0.25, 0.3) is 0 Å². The zero-order valence-corrected chi connectivity index (χ0v) is 12.2. The van der Waals surface area contributed by atoms with E-state index in [9.17, 15) is 9.59 Å². The van der Waals surface area contributed by atoms with Crippen molar-refractivity contribution in [1.82, 2.24) is 20.5 Å². The highest BCUT2D eigenvalue weighted by atomic mass is 32.1. The van der Waals surface area contributed by atoms with E-state index < -0.39 is 0 Å². The molecule has 2 heterocycles. The number of nitrogens with one attached hydrogen (secondary N) is 3. The van der Waals surface area contributed by atoms with Gasteiger partial charge in [-0.3, -0.25) is 14.5 Å². The second kappa shape index (κ2) is 7.32. The molecule has 0 bridgehead atoms. The lowest BCUT2D eigenvalue weighted by molar-refractivity contribution is -0.128. The molecule has 1 atom stereocenters. The molecule has 3 N–H and O–H groups in total. The molecule has 8 heteroatoms. The molecule has 2 rings (SSSR count). The summed E-state index contributed by atoms with van der Waals surface area (Å²) >= 11 is 1.38. The maximum atomic E-state index is 12.0. The highest BCUT2D eigenvalue weighted by Crippen LogP contribution is 2.11. The number of rotatable bonds is 5. The van der Waals surface area contributed by atoms with Gasteiger partial charge in [-0.2, -0.15) is 0 Å². The third kappa shape index (κ3) is 3.99. The first-order chi connectivity index (χ1) is 9.70. The predicted octanol–water partition coefficient (Wildman–Crippen LogP) is -0.508. The molecule has 0 aliphatic carbocycles. The van der Waals surface area contributed by atoms with Gasteiger partial charge in [0.2, 0.25) is 11.8 Å². The summed E-state index contributed by atoms with van der Waals surface area (Å²) in [4.78, 5) is 29.8. The summed E-state index contributed by atoms with van der Waals surface area (Å²) in [6.45, 7) is 4.69. The van der Waals surface area contributed by atoms with Crippen molar-refractivity contribution in [1.29, 1.82) is 0 Å². The molecular weight excluding hydrogens is 278 g/mol. The van der Waals surface area contributed by atoms with Crippen LogP contribution in [0.1, 0.15) is 6.92 Å². The Bertz CT molecular complexity index is 451. The smallest absolute Gasteiger partial charge is 0.240 e. The van der Waals surface area contributed by atoms with Crippen LogP contribution < -0.4 is 16.0 Å². The van der Waals surface area contributed by atoms with Gasteiger partial charge < -0.3 is 16.0 Å². The Morgan fingerprint density at radius 2 is 2.45 bits per heavy atom. The summed E-state index contributed by atoms with van der Waals surface area (Å²) in [5.41, 5.74) is 0.